The molecule has 0 radical (unpaired) electrons. The number of nitrogens with zero attached hydrogens (tertiary/aromatic N) is 1. The van der Waals surface area contributed by atoms with Gasteiger partial charge in [0.15, 0.2) is 0 Å². The summed E-state index contributed by atoms with van der Waals surface area (Å²) < 4.78 is 0. The van der Waals surface area contributed by atoms with Crippen LogP contribution in [0.3, 0.4) is 0 Å². The van der Waals surface area contributed by atoms with Gasteiger partial charge in [0.2, 0.25) is 5.91 Å². The molecule has 1 aromatic heterocycles. The number of carbonyl (C=O) groups excluding carboxylic acids is 1. The first kappa shape index (κ1) is 14.0. The Labute approximate surface area is 114 Å². The Morgan fingerprint density at radius 3 is 2.63 bits per heavy atom. The van der Waals surface area contributed by atoms with Crippen molar-refractivity contribution >= 4 is 5.91 Å². The standard InChI is InChI=1S/C15H23N3O/c1-15(7-3-2-4-8-15)18-14(19)13(16)11-12-5-9-17-10-6-12/h5-6,9-10,13H,2-4,7-8,11,16H2,1H3,(H,18,19)/t13-/m0/s1. The largest absolute Gasteiger partial charge is 0.350 e. The molecular formula is C15H23N3O. The van der Waals surface area contributed by atoms with Crippen molar-refractivity contribution in [2.24, 2.45) is 5.73 Å². The highest BCUT2D eigenvalue weighted by molar-refractivity contribution is 5.82. The molecule has 19 heavy (non-hydrogen) atoms. The minimum absolute atomic E-state index is 0.0405. The van der Waals surface area contributed by atoms with Crippen LogP contribution in [0.4, 0.5) is 0 Å². The highest BCUT2D eigenvalue weighted by Crippen LogP contribution is 2.27. The van der Waals surface area contributed by atoms with Crippen LogP contribution in [-0.4, -0.2) is 22.5 Å². The first-order valence-corrected chi connectivity index (χ1v) is 7.06. The van der Waals surface area contributed by atoms with Crippen LogP contribution in [0.15, 0.2) is 24.5 Å². The van der Waals surface area contributed by atoms with Crippen molar-refractivity contribution in [2.45, 2.75) is 57.0 Å². The maximum absolute atomic E-state index is 12.2. The third kappa shape index (κ3) is 4.03. The lowest BCUT2D eigenvalue weighted by atomic mass is 9.83. The molecule has 0 aliphatic heterocycles. The Kier molecular flexibility index (Phi) is 4.53. The van der Waals surface area contributed by atoms with E-state index in [0.717, 1.165) is 18.4 Å². The highest BCUT2D eigenvalue weighted by Gasteiger charge is 2.29. The minimum atomic E-state index is -0.485. The van der Waals surface area contributed by atoms with Gasteiger partial charge in [0.25, 0.3) is 0 Å². The van der Waals surface area contributed by atoms with E-state index in [9.17, 15) is 4.79 Å². The van der Waals surface area contributed by atoms with Crippen molar-refractivity contribution in [3.63, 3.8) is 0 Å². The maximum atomic E-state index is 12.2. The fourth-order valence-corrected chi connectivity index (χ4v) is 2.71. The minimum Gasteiger partial charge on any atom is -0.350 e. The number of rotatable bonds is 4. The fourth-order valence-electron chi connectivity index (χ4n) is 2.71. The number of aromatic nitrogens is 1. The molecule has 0 saturated heterocycles. The Morgan fingerprint density at radius 2 is 2.00 bits per heavy atom. The van der Waals surface area contributed by atoms with E-state index < -0.39 is 6.04 Å². The normalized spacial score (nSPS) is 19.7. The summed E-state index contributed by atoms with van der Waals surface area (Å²) in [5, 5.41) is 3.14. The van der Waals surface area contributed by atoms with E-state index in [4.69, 9.17) is 5.73 Å². The van der Waals surface area contributed by atoms with E-state index >= 15 is 0 Å². The second-order valence-corrected chi connectivity index (χ2v) is 5.78. The molecule has 3 N–H and O–H groups in total. The van der Waals surface area contributed by atoms with Gasteiger partial charge in [-0.05, 0) is 43.9 Å². The fraction of sp³-hybridized carbons (Fsp3) is 0.600. The molecule has 1 fully saturated rings. The third-order valence-electron chi connectivity index (χ3n) is 3.92. The van der Waals surface area contributed by atoms with Gasteiger partial charge in [-0.3, -0.25) is 9.78 Å². The van der Waals surface area contributed by atoms with Gasteiger partial charge in [0.05, 0.1) is 6.04 Å². The predicted octanol–water partition coefficient (Wildman–Crippen LogP) is 1.79. The first-order valence-electron chi connectivity index (χ1n) is 7.06. The number of hydrogen-bond donors (Lipinski definition) is 2. The van der Waals surface area contributed by atoms with Crippen molar-refractivity contribution in [3.05, 3.63) is 30.1 Å². The van der Waals surface area contributed by atoms with Crippen molar-refractivity contribution < 1.29 is 4.79 Å². The summed E-state index contributed by atoms with van der Waals surface area (Å²) in [6.07, 6.45) is 9.78. The third-order valence-corrected chi connectivity index (χ3v) is 3.92. The number of carbonyl (C=O) groups is 1. The predicted molar refractivity (Wildman–Crippen MR) is 75.5 cm³/mol. The van der Waals surface area contributed by atoms with Gasteiger partial charge < -0.3 is 11.1 Å². The molecule has 0 aromatic carbocycles. The quantitative estimate of drug-likeness (QED) is 0.868. The summed E-state index contributed by atoms with van der Waals surface area (Å²) >= 11 is 0. The molecule has 0 unspecified atom stereocenters. The van der Waals surface area contributed by atoms with Crippen molar-refractivity contribution in [1.82, 2.24) is 10.3 Å². The van der Waals surface area contributed by atoms with Gasteiger partial charge >= 0.3 is 0 Å². The van der Waals surface area contributed by atoms with Gasteiger partial charge in [-0.25, -0.2) is 0 Å². The summed E-state index contributed by atoms with van der Waals surface area (Å²) in [5.74, 6) is -0.0405. The lowest BCUT2D eigenvalue weighted by molar-refractivity contribution is -0.124. The molecule has 1 heterocycles. The summed E-state index contributed by atoms with van der Waals surface area (Å²) in [6, 6.07) is 3.31. The van der Waals surface area contributed by atoms with Crippen LogP contribution in [-0.2, 0) is 11.2 Å². The van der Waals surface area contributed by atoms with Gasteiger partial charge in [0.1, 0.15) is 0 Å². The van der Waals surface area contributed by atoms with E-state index in [2.05, 4.69) is 17.2 Å². The molecule has 1 amide bonds. The Bertz CT molecular complexity index is 413. The summed E-state index contributed by atoms with van der Waals surface area (Å²) in [7, 11) is 0. The lowest BCUT2D eigenvalue weighted by Gasteiger charge is -2.35. The Balaban J connectivity index is 1.88. The summed E-state index contributed by atoms with van der Waals surface area (Å²) in [6.45, 7) is 2.13. The van der Waals surface area contributed by atoms with Crippen LogP contribution < -0.4 is 11.1 Å². The monoisotopic (exact) mass is 261 g/mol. The number of hydrogen-bond acceptors (Lipinski definition) is 3. The Hall–Kier alpha value is -1.42. The molecule has 104 valence electrons. The highest BCUT2D eigenvalue weighted by atomic mass is 16.2. The van der Waals surface area contributed by atoms with Gasteiger partial charge in [0, 0.05) is 17.9 Å². The van der Waals surface area contributed by atoms with Gasteiger partial charge in [-0.1, -0.05) is 19.3 Å². The molecule has 4 nitrogen and oxygen atoms in total. The summed E-state index contributed by atoms with van der Waals surface area (Å²) in [4.78, 5) is 16.1. The molecule has 1 aromatic rings. The van der Waals surface area contributed by atoms with Crippen molar-refractivity contribution in [1.29, 1.82) is 0 Å². The number of pyridine rings is 1. The first-order chi connectivity index (χ1) is 9.09. The molecule has 0 bridgehead atoms. The number of nitrogens with one attached hydrogen (secondary N) is 1. The molecule has 2 rings (SSSR count). The topological polar surface area (TPSA) is 68.0 Å². The zero-order valence-electron chi connectivity index (χ0n) is 11.6. The number of nitrogens with two attached hydrogens (primary N) is 1. The number of amides is 1. The molecule has 1 aliphatic rings. The van der Waals surface area contributed by atoms with Crippen molar-refractivity contribution in [3.8, 4) is 0 Å². The molecule has 1 atom stereocenters. The SMILES string of the molecule is CC1(NC(=O)[C@@H](N)Cc2ccncc2)CCCCC1. The van der Waals surface area contributed by atoms with Crippen LogP contribution >= 0.6 is 0 Å². The molecule has 1 saturated carbocycles. The maximum Gasteiger partial charge on any atom is 0.237 e. The van der Waals surface area contributed by atoms with E-state index in [1.165, 1.54) is 19.3 Å². The van der Waals surface area contributed by atoms with Crippen LogP contribution in [0.1, 0.15) is 44.6 Å². The molecule has 1 aliphatic carbocycles. The lowest BCUT2D eigenvalue weighted by Crippen LogP contribution is -2.53. The molecular weight excluding hydrogens is 238 g/mol. The molecule has 4 heteroatoms. The van der Waals surface area contributed by atoms with E-state index in [0.29, 0.717) is 6.42 Å². The van der Waals surface area contributed by atoms with Crippen molar-refractivity contribution in [2.75, 3.05) is 0 Å². The van der Waals surface area contributed by atoms with E-state index in [1.54, 1.807) is 12.4 Å². The van der Waals surface area contributed by atoms with E-state index in [-0.39, 0.29) is 11.4 Å². The van der Waals surface area contributed by atoms with E-state index in [1.807, 2.05) is 12.1 Å². The van der Waals surface area contributed by atoms with Crippen LogP contribution in [0, 0.1) is 0 Å². The molecule has 0 spiro atoms. The second kappa shape index (κ2) is 6.15. The van der Waals surface area contributed by atoms with Crippen LogP contribution in [0.5, 0.6) is 0 Å². The summed E-state index contributed by atoms with van der Waals surface area (Å²) in [5.41, 5.74) is 6.98. The van der Waals surface area contributed by atoms with Crippen LogP contribution in [0.25, 0.3) is 0 Å². The second-order valence-electron chi connectivity index (χ2n) is 5.78. The van der Waals surface area contributed by atoms with Crippen LogP contribution in [0.2, 0.25) is 0 Å². The Morgan fingerprint density at radius 1 is 1.37 bits per heavy atom. The smallest absolute Gasteiger partial charge is 0.237 e. The average Bonchev–Trinajstić information content (AvgIpc) is 2.40. The average molecular weight is 261 g/mol. The van der Waals surface area contributed by atoms with Gasteiger partial charge in [-0.15, -0.1) is 0 Å². The van der Waals surface area contributed by atoms with Gasteiger partial charge in [-0.2, -0.15) is 0 Å². The zero-order chi connectivity index (χ0) is 13.7. The zero-order valence-corrected chi connectivity index (χ0v) is 11.6.